The molecule has 0 saturated heterocycles. The largest absolute Gasteiger partial charge is 0.494 e. The van der Waals surface area contributed by atoms with Crippen LogP contribution in [-0.2, 0) is 0 Å². The van der Waals surface area contributed by atoms with E-state index in [0.29, 0.717) is 0 Å². The quantitative estimate of drug-likeness (QED) is 0.650. The second-order valence-electron chi connectivity index (χ2n) is 4.78. The summed E-state index contributed by atoms with van der Waals surface area (Å²) in [6.45, 7) is 6.91. The van der Waals surface area contributed by atoms with E-state index in [9.17, 15) is 0 Å². The minimum atomic E-state index is 0.809. The van der Waals surface area contributed by atoms with Crippen molar-refractivity contribution in [3.63, 3.8) is 0 Å². The lowest BCUT2D eigenvalue weighted by atomic mass is 10.0. The van der Waals surface area contributed by atoms with Crippen LogP contribution in [0.1, 0.15) is 31.7 Å². The summed E-state index contributed by atoms with van der Waals surface area (Å²) in [6.07, 6.45) is 3.59. The number of hydrogen-bond acceptors (Lipinski definition) is 1. The molecule has 0 aliphatic heterocycles. The normalized spacial score (nSPS) is 10.4. The predicted octanol–water partition coefficient (Wildman–Crippen LogP) is 5.10. The lowest BCUT2D eigenvalue weighted by Crippen LogP contribution is -1.96. The van der Waals surface area contributed by atoms with E-state index in [2.05, 4.69) is 38.1 Å². The van der Waals surface area contributed by atoms with Gasteiger partial charge in [0.25, 0.3) is 0 Å². The van der Waals surface area contributed by atoms with Crippen LogP contribution in [0.25, 0.3) is 11.1 Å². The molecule has 0 heterocycles. The van der Waals surface area contributed by atoms with Crippen LogP contribution in [-0.4, -0.2) is 6.61 Å². The Bertz CT molecular complexity index is 482. The summed E-state index contributed by atoms with van der Waals surface area (Å²) in [6, 6.07) is 16.5. The third kappa shape index (κ3) is 4.13. The molecule has 0 amide bonds. The first-order valence-electron chi connectivity index (χ1n) is 6.95. The summed E-state index contributed by atoms with van der Waals surface area (Å²) in [5, 5.41) is 0. The standard InChI is InChI=1S/C18H21O/c1-3-4-5-14-19-18-12-10-17(11-13-18)16-8-6-15(2)7-9-16/h6-13H,2-5,14H2,1H3. The Balaban J connectivity index is 1.96. The fourth-order valence-electron chi connectivity index (χ4n) is 1.98. The van der Waals surface area contributed by atoms with Crippen molar-refractivity contribution in [1.82, 2.24) is 0 Å². The highest BCUT2D eigenvalue weighted by atomic mass is 16.5. The molecule has 0 spiro atoms. The van der Waals surface area contributed by atoms with Crippen molar-refractivity contribution in [1.29, 1.82) is 0 Å². The Morgan fingerprint density at radius 3 is 2.00 bits per heavy atom. The second-order valence-corrected chi connectivity index (χ2v) is 4.78. The van der Waals surface area contributed by atoms with Gasteiger partial charge in [-0.25, -0.2) is 0 Å². The molecule has 19 heavy (non-hydrogen) atoms. The molecule has 0 aliphatic carbocycles. The fraction of sp³-hybridized carbons (Fsp3) is 0.278. The average molecular weight is 253 g/mol. The van der Waals surface area contributed by atoms with E-state index in [-0.39, 0.29) is 0 Å². The van der Waals surface area contributed by atoms with Crippen LogP contribution in [0, 0.1) is 6.92 Å². The minimum absolute atomic E-state index is 0.809. The zero-order chi connectivity index (χ0) is 13.5. The number of ether oxygens (including phenoxy) is 1. The van der Waals surface area contributed by atoms with Gasteiger partial charge in [0.2, 0.25) is 0 Å². The zero-order valence-electron chi connectivity index (χ0n) is 11.6. The Labute approximate surface area is 116 Å². The van der Waals surface area contributed by atoms with Gasteiger partial charge in [-0.15, -0.1) is 0 Å². The second kappa shape index (κ2) is 6.98. The molecule has 2 aromatic rings. The number of hydrogen-bond donors (Lipinski definition) is 0. The molecule has 0 aliphatic rings. The maximum atomic E-state index is 5.71. The van der Waals surface area contributed by atoms with Gasteiger partial charge in [-0.2, -0.15) is 0 Å². The third-order valence-electron chi connectivity index (χ3n) is 3.16. The Morgan fingerprint density at radius 1 is 0.842 bits per heavy atom. The molecule has 0 fully saturated rings. The van der Waals surface area contributed by atoms with Crippen molar-refractivity contribution in [3.8, 4) is 16.9 Å². The highest BCUT2D eigenvalue weighted by Gasteiger charge is 1.98. The molecule has 2 rings (SSSR count). The molecule has 1 nitrogen and oxygen atoms in total. The zero-order valence-corrected chi connectivity index (χ0v) is 11.6. The van der Waals surface area contributed by atoms with E-state index < -0.39 is 0 Å². The molecule has 0 aromatic heterocycles. The molecule has 2 aromatic carbocycles. The number of unbranched alkanes of at least 4 members (excludes halogenated alkanes) is 2. The summed E-state index contributed by atoms with van der Waals surface area (Å²) in [4.78, 5) is 0. The molecule has 0 atom stereocenters. The van der Waals surface area contributed by atoms with Gasteiger partial charge in [0.05, 0.1) is 6.61 Å². The van der Waals surface area contributed by atoms with Gasteiger partial charge in [-0.1, -0.05) is 56.2 Å². The van der Waals surface area contributed by atoms with Crippen LogP contribution in [0.15, 0.2) is 48.5 Å². The molecule has 99 valence electrons. The SMILES string of the molecule is [CH2]c1ccc(-c2ccc(OCCCCC)cc2)cc1. The highest BCUT2D eigenvalue weighted by Crippen LogP contribution is 2.22. The molecule has 0 unspecified atom stereocenters. The first-order valence-corrected chi connectivity index (χ1v) is 6.95. The van der Waals surface area contributed by atoms with Crippen LogP contribution >= 0.6 is 0 Å². The van der Waals surface area contributed by atoms with Crippen molar-refractivity contribution in [2.24, 2.45) is 0 Å². The van der Waals surface area contributed by atoms with Crippen molar-refractivity contribution >= 4 is 0 Å². The predicted molar refractivity (Wildman–Crippen MR) is 81.4 cm³/mol. The summed E-state index contributed by atoms with van der Waals surface area (Å²) in [5.41, 5.74) is 3.46. The van der Waals surface area contributed by atoms with Crippen LogP contribution in [0.5, 0.6) is 5.75 Å². The highest BCUT2D eigenvalue weighted by molar-refractivity contribution is 5.64. The smallest absolute Gasteiger partial charge is 0.119 e. The monoisotopic (exact) mass is 253 g/mol. The van der Waals surface area contributed by atoms with E-state index in [4.69, 9.17) is 4.74 Å². The van der Waals surface area contributed by atoms with E-state index in [1.807, 2.05) is 24.3 Å². The average Bonchev–Trinajstić information content (AvgIpc) is 2.45. The van der Waals surface area contributed by atoms with Gasteiger partial charge in [0.15, 0.2) is 0 Å². The lowest BCUT2D eigenvalue weighted by Gasteiger charge is -2.07. The maximum Gasteiger partial charge on any atom is 0.119 e. The van der Waals surface area contributed by atoms with Crippen molar-refractivity contribution in [3.05, 3.63) is 61.0 Å². The van der Waals surface area contributed by atoms with Gasteiger partial charge in [-0.3, -0.25) is 0 Å². The summed E-state index contributed by atoms with van der Waals surface area (Å²) >= 11 is 0. The minimum Gasteiger partial charge on any atom is -0.494 e. The number of benzene rings is 2. The molecular formula is C18H21O. The van der Waals surface area contributed by atoms with E-state index >= 15 is 0 Å². The van der Waals surface area contributed by atoms with Gasteiger partial charge >= 0.3 is 0 Å². The number of rotatable bonds is 6. The first kappa shape index (κ1) is 13.7. The molecular weight excluding hydrogens is 232 g/mol. The van der Waals surface area contributed by atoms with E-state index in [1.54, 1.807) is 0 Å². The Hall–Kier alpha value is -1.76. The van der Waals surface area contributed by atoms with Crippen LogP contribution in [0.4, 0.5) is 0 Å². The first-order chi connectivity index (χ1) is 9.29. The van der Waals surface area contributed by atoms with Gasteiger partial charge < -0.3 is 4.74 Å². The van der Waals surface area contributed by atoms with Crippen LogP contribution in [0.2, 0.25) is 0 Å². The lowest BCUT2D eigenvalue weighted by molar-refractivity contribution is 0.306. The van der Waals surface area contributed by atoms with Crippen molar-refractivity contribution in [2.45, 2.75) is 26.2 Å². The molecule has 0 bridgehead atoms. The third-order valence-corrected chi connectivity index (χ3v) is 3.16. The molecule has 1 heteroatoms. The van der Waals surface area contributed by atoms with E-state index in [0.717, 1.165) is 24.3 Å². The van der Waals surface area contributed by atoms with Crippen LogP contribution in [0.3, 0.4) is 0 Å². The maximum absolute atomic E-state index is 5.71. The Kier molecular flexibility index (Phi) is 5.02. The summed E-state index contributed by atoms with van der Waals surface area (Å²) in [7, 11) is 0. The van der Waals surface area contributed by atoms with Gasteiger partial charge in [0, 0.05) is 0 Å². The molecule has 1 radical (unpaired) electrons. The Morgan fingerprint density at radius 2 is 1.42 bits per heavy atom. The fourth-order valence-corrected chi connectivity index (χ4v) is 1.98. The molecule has 0 N–H and O–H groups in total. The van der Waals surface area contributed by atoms with Crippen molar-refractivity contribution in [2.75, 3.05) is 6.61 Å². The summed E-state index contributed by atoms with van der Waals surface area (Å²) in [5.74, 6) is 0.952. The van der Waals surface area contributed by atoms with E-state index in [1.165, 1.54) is 24.0 Å². The van der Waals surface area contributed by atoms with Gasteiger partial charge in [0.1, 0.15) is 5.75 Å². The van der Waals surface area contributed by atoms with Gasteiger partial charge in [-0.05, 0) is 42.2 Å². The van der Waals surface area contributed by atoms with Crippen molar-refractivity contribution < 1.29 is 4.74 Å². The topological polar surface area (TPSA) is 9.23 Å². The molecule has 0 saturated carbocycles. The van der Waals surface area contributed by atoms with Crippen LogP contribution < -0.4 is 4.74 Å². The summed E-state index contributed by atoms with van der Waals surface area (Å²) < 4.78 is 5.71.